The number of anilines is 3. The Labute approximate surface area is 134 Å². The molecule has 4 rings (SSSR count). The van der Waals surface area contributed by atoms with Crippen molar-refractivity contribution in [3.63, 3.8) is 0 Å². The van der Waals surface area contributed by atoms with Gasteiger partial charge in [0.2, 0.25) is 5.95 Å². The molecule has 1 fully saturated rings. The summed E-state index contributed by atoms with van der Waals surface area (Å²) in [5, 5.41) is 7.81. The van der Waals surface area contributed by atoms with Gasteiger partial charge in [0, 0.05) is 17.1 Å². The van der Waals surface area contributed by atoms with E-state index in [0.29, 0.717) is 12.0 Å². The minimum absolute atomic E-state index is 0.544. The number of hydrogen-bond donors (Lipinski definition) is 2. The third-order valence-corrected chi connectivity index (χ3v) is 3.87. The van der Waals surface area contributed by atoms with Crippen LogP contribution in [0.2, 0.25) is 0 Å². The molecule has 3 aromatic rings. The predicted molar refractivity (Wildman–Crippen MR) is 92.5 cm³/mol. The van der Waals surface area contributed by atoms with Crippen molar-refractivity contribution in [1.29, 1.82) is 0 Å². The van der Waals surface area contributed by atoms with Gasteiger partial charge in [0.15, 0.2) is 0 Å². The molecule has 0 atom stereocenters. The summed E-state index contributed by atoms with van der Waals surface area (Å²) < 4.78 is 5.18. The number of rotatable bonds is 5. The molecule has 0 radical (unpaired) electrons. The SMILES string of the molecule is COc1ccc(Nc2nc(NC3CC3)c3ccccc3n2)cc1. The monoisotopic (exact) mass is 306 g/mol. The zero-order valence-electron chi connectivity index (χ0n) is 12.9. The van der Waals surface area contributed by atoms with Gasteiger partial charge in [-0.05, 0) is 49.2 Å². The zero-order valence-corrected chi connectivity index (χ0v) is 12.9. The summed E-state index contributed by atoms with van der Waals surface area (Å²) in [4.78, 5) is 9.26. The summed E-state index contributed by atoms with van der Waals surface area (Å²) in [5.41, 5.74) is 1.86. The van der Waals surface area contributed by atoms with Crippen LogP contribution in [0.15, 0.2) is 48.5 Å². The topological polar surface area (TPSA) is 59.1 Å². The van der Waals surface area contributed by atoms with Gasteiger partial charge >= 0.3 is 0 Å². The van der Waals surface area contributed by atoms with Crippen molar-refractivity contribution in [3.05, 3.63) is 48.5 Å². The van der Waals surface area contributed by atoms with E-state index in [4.69, 9.17) is 4.74 Å². The van der Waals surface area contributed by atoms with E-state index in [1.807, 2.05) is 42.5 Å². The number of nitrogens with one attached hydrogen (secondary N) is 2. The number of para-hydroxylation sites is 1. The minimum atomic E-state index is 0.544. The van der Waals surface area contributed by atoms with Crippen LogP contribution in [0.1, 0.15) is 12.8 Å². The zero-order chi connectivity index (χ0) is 15.6. The number of methoxy groups -OCH3 is 1. The molecule has 0 unspecified atom stereocenters. The van der Waals surface area contributed by atoms with Crippen molar-refractivity contribution in [2.45, 2.75) is 18.9 Å². The molecule has 1 saturated carbocycles. The van der Waals surface area contributed by atoms with Gasteiger partial charge in [-0.1, -0.05) is 12.1 Å². The lowest BCUT2D eigenvalue weighted by Crippen LogP contribution is -2.07. The van der Waals surface area contributed by atoms with Crippen LogP contribution in [-0.2, 0) is 0 Å². The Morgan fingerprint density at radius 1 is 1.00 bits per heavy atom. The van der Waals surface area contributed by atoms with Crippen molar-refractivity contribution >= 4 is 28.4 Å². The number of benzene rings is 2. The lowest BCUT2D eigenvalue weighted by Gasteiger charge is -2.11. The number of ether oxygens (including phenoxy) is 1. The fraction of sp³-hybridized carbons (Fsp3) is 0.222. The average molecular weight is 306 g/mol. The number of fused-ring (bicyclic) bond motifs is 1. The van der Waals surface area contributed by atoms with Crippen LogP contribution in [0.25, 0.3) is 10.9 Å². The first-order chi connectivity index (χ1) is 11.3. The summed E-state index contributed by atoms with van der Waals surface area (Å²) in [6.45, 7) is 0. The molecule has 2 aromatic carbocycles. The number of aromatic nitrogens is 2. The lowest BCUT2D eigenvalue weighted by atomic mass is 10.2. The van der Waals surface area contributed by atoms with Gasteiger partial charge in [0.1, 0.15) is 11.6 Å². The predicted octanol–water partition coefficient (Wildman–Crippen LogP) is 3.96. The third kappa shape index (κ3) is 3.04. The Morgan fingerprint density at radius 3 is 2.52 bits per heavy atom. The van der Waals surface area contributed by atoms with E-state index in [9.17, 15) is 0 Å². The van der Waals surface area contributed by atoms with Crippen molar-refractivity contribution in [2.24, 2.45) is 0 Å². The Hall–Kier alpha value is -2.82. The van der Waals surface area contributed by atoms with E-state index < -0.39 is 0 Å². The van der Waals surface area contributed by atoms with E-state index in [1.54, 1.807) is 7.11 Å². The molecule has 1 aromatic heterocycles. The van der Waals surface area contributed by atoms with Crippen molar-refractivity contribution < 1.29 is 4.74 Å². The molecule has 5 nitrogen and oxygen atoms in total. The highest BCUT2D eigenvalue weighted by Crippen LogP contribution is 2.29. The third-order valence-electron chi connectivity index (χ3n) is 3.87. The standard InChI is InChI=1S/C18H18N4O/c1-23-14-10-8-13(9-11-14)20-18-21-16-5-3-2-4-15(16)17(22-18)19-12-6-7-12/h2-5,8-12H,6-7H2,1H3,(H2,19,20,21,22). The highest BCUT2D eigenvalue weighted by Gasteiger charge is 2.22. The number of nitrogens with zero attached hydrogens (tertiary/aromatic N) is 2. The molecule has 0 spiro atoms. The molecule has 0 saturated heterocycles. The molecule has 116 valence electrons. The fourth-order valence-corrected chi connectivity index (χ4v) is 2.47. The quantitative estimate of drug-likeness (QED) is 0.747. The minimum Gasteiger partial charge on any atom is -0.497 e. The maximum absolute atomic E-state index is 5.18. The van der Waals surface area contributed by atoms with Gasteiger partial charge in [-0.3, -0.25) is 0 Å². The molecular formula is C18H18N4O. The molecule has 0 aliphatic heterocycles. The maximum Gasteiger partial charge on any atom is 0.229 e. The summed E-state index contributed by atoms with van der Waals surface area (Å²) in [6, 6.07) is 16.3. The van der Waals surface area contributed by atoms with E-state index in [2.05, 4.69) is 26.7 Å². The molecule has 1 aliphatic carbocycles. The highest BCUT2D eigenvalue weighted by molar-refractivity contribution is 5.90. The van der Waals surface area contributed by atoms with E-state index in [1.165, 1.54) is 12.8 Å². The molecule has 2 N–H and O–H groups in total. The molecular weight excluding hydrogens is 288 g/mol. The first kappa shape index (κ1) is 13.8. The Bertz CT molecular complexity index is 828. The summed E-state index contributed by atoms with van der Waals surface area (Å²) in [5.74, 6) is 2.32. The average Bonchev–Trinajstić information content (AvgIpc) is 3.40. The lowest BCUT2D eigenvalue weighted by molar-refractivity contribution is 0.415. The van der Waals surface area contributed by atoms with Crippen molar-refractivity contribution in [3.8, 4) is 5.75 Å². The van der Waals surface area contributed by atoms with Crippen LogP contribution in [0.5, 0.6) is 5.75 Å². The second-order valence-corrected chi connectivity index (χ2v) is 5.69. The smallest absolute Gasteiger partial charge is 0.229 e. The fourth-order valence-electron chi connectivity index (χ4n) is 2.47. The van der Waals surface area contributed by atoms with E-state index in [-0.39, 0.29) is 0 Å². The van der Waals surface area contributed by atoms with Crippen LogP contribution in [-0.4, -0.2) is 23.1 Å². The van der Waals surface area contributed by atoms with E-state index in [0.717, 1.165) is 28.2 Å². The Balaban J connectivity index is 1.67. The highest BCUT2D eigenvalue weighted by atomic mass is 16.5. The maximum atomic E-state index is 5.18. The molecule has 23 heavy (non-hydrogen) atoms. The van der Waals surface area contributed by atoms with Gasteiger partial charge in [-0.2, -0.15) is 4.98 Å². The van der Waals surface area contributed by atoms with Crippen LogP contribution >= 0.6 is 0 Å². The molecule has 5 heteroatoms. The molecule has 0 bridgehead atoms. The summed E-state index contributed by atoms with van der Waals surface area (Å²) in [7, 11) is 1.66. The largest absolute Gasteiger partial charge is 0.497 e. The first-order valence-electron chi connectivity index (χ1n) is 7.76. The van der Waals surface area contributed by atoms with Crippen LogP contribution in [0.4, 0.5) is 17.5 Å². The van der Waals surface area contributed by atoms with Gasteiger partial charge in [0.05, 0.1) is 12.6 Å². The second-order valence-electron chi connectivity index (χ2n) is 5.69. The molecule has 0 amide bonds. The van der Waals surface area contributed by atoms with Crippen LogP contribution in [0.3, 0.4) is 0 Å². The Morgan fingerprint density at radius 2 is 1.78 bits per heavy atom. The first-order valence-corrected chi connectivity index (χ1v) is 7.76. The molecule has 1 heterocycles. The second kappa shape index (κ2) is 5.76. The van der Waals surface area contributed by atoms with Crippen LogP contribution in [0, 0.1) is 0 Å². The van der Waals surface area contributed by atoms with E-state index >= 15 is 0 Å². The van der Waals surface area contributed by atoms with Crippen molar-refractivity contribution in [2.75, 3.05) is 17.7 Å². The van der Waals surface area contributed by atoms with Gasteiger partial charge in [-0.25, -0.2) is 4.98 Å². The van der Waals surface area contributed by atoms with Gasteiger partial charge in [0.25, 0.3) is 0 Å². The summed E-state index contributed by atoms with van der Waals surface area (Å²) in [6.07, 6.45) is 2.42. The van der Waals surface area contributed by atoms with Crippen LogP contribution < -0.4 is 15.4 Å². The van der Waals surface area contributed by atoms with Gasteiger partial charge < -0.3 is 15.4 Å². The van der Waals surface area contributed by atoms with Gasteiger partial charge in [-0.15, -0.1) is 0 Å². The molecule has 1 aliphatic rings. The number of hydrogen-bond acceptors (Lipinski definition) is 5. The van der Waals surface area contributed by atoms with Crippen molar-refractivity contribution in [1.82, 2.24) is 9.97 Å². The Kier molecular flexibility index (Phi) is 3.46. The summed E-state index contributed by atoms with van der Waals surface area (Å²) >= 11 is 0. The normalized spacial score (nSPS) is 13.8.